The van der Waals surface area contributed by atoms with Crippen molar-refractivity contribution in [3.05, 3.63) is 145 Å². The van der Waals surface area contributed by atoms with Gasteiger partial charge in [-0.2, -0.15) is 0 Å². The molecule has 5 rings (SSSR count). The molecule has 0 amide bonds. The normalized spacial score (nSPS) is 12.4. The van der Waals surface area contributed by atoms with Crippen LogP contribution in [0.1, 0.15) is 438 Å². The van der Waals surface area contributed by atoms with Crippen molar-refractivity contribution in [2.24, 2.45) is 54.1 Å². The van der Waals surface area contributed by atoms with Crippen LogP contribution >= 0.6 is 0 Å². The molecule has 5 aromatic carbocycles. The summed E-state index contributed by atoms with van der Waals surface area (Å²) in [7, 11) is 0. The summed E-state index contributed by atoms with van der Waals surface area (Å²) in [5.74, 6) is -3.58. The van der Waals surface area contributed by atoms with E-state index < -0.39 is 56.9 Å². The number of phenolic OH excluding ortho intramolecular Hbond substituents is 5. The van der Waals surface area contributed by atoms with Gasteiger partial charge >= 0.3 is 29.8 Å². The van der Waals surface area contributed by atoms with Gasteiger partial charge in [0.25, 0.3) is 0 Å². The number of carboxylic acid groups (broad SMARTS) is 5. The lowest BCUT2D eigenvalue weighted by Crippen LogP contribution is -2.23. The number of benzene rings is 5. The molecule has 0 atom stereocenters. The Bertz CT molecular complexity index is 3870. The van der Waals surface area contributed by atoms with E-state index in [9.17, 15) is 75.0 Å². The smallest absolute Gasteiger partial charge is 0.309 e. The lowest BCUT2D eigenvalue weighted by atomic mass is 9.85. The molecule has 728 valence electrons. The van der Waals surface area contributed by atoms with Crippen LogP contribution in [0, 0.1) is 74.9 Å². The van der Waals surface area contributed by atoms with Gasteiger partial charge in [-0.3, -0.25) is 24.0 Å². The Kier molecular flexibility index (Phi) is 51.6. The summed E-state index contributed by atoms with van der Waals surface area (Å²) in [5.41, 5.74) is 15.2. The largest absolute Gasteiger partial charge is 0.508 e. The Balaban J connectivity index is 0.000000800. The highest BCUT2D eigenvalue weighted by Crippen LogP contribution is 2.39. The van der Waals surface area contributed by atoms with Crippen molar-refractivity contribution in [2.45, 2.75) is 451 Å². The van der Waals surface area contributed by atoms with Crippen molar-refractivity contribution in [3.8, 4) is 28.7 Å². The van der Waals surface area contributed by atoms with E-state index in [1.165, 1.54) is 108 Å². The van der Waals surface area contributed by atoms with Crippen molar-refractivity contribution >= 4 is 29.8 Å². The summed E-state index contributed by atoms with van der Waals surface area (Å²) < 4.78 is 0. The first kappa shape index (κ1) is 118. The van der Waals surface area contributed by atoms with E-state index in [-0.39, 0.29) is 23.0 Å². The molecule has 15 nitrogen and oxygen atoms in total. The summed E-state index contributed by atoms with van der Waals surface area (Å²) in [6.45, 7) is 58.6. The Hall–Kier alpha value is -7.55. The summed E-state index contributed by atoms with van der Waals surface area (Å²) in [6, 6.07) is 23.9. The van der Waals surface area contributed by atoms with Crippen LogP contribution in [0.4, 0.5) is 0 Å². The van der Waals surface area contributed by atoms with Gasteiger partial charge in [-0.05, 0) is 401 Å². The van der Waals surface area contributed by atoms with Crippen LogP contribution in [-0.2, 0) is 88.2 Å². The Morgan fingerprint density at radius 1 is 0.227 bits per heavy atom. The van der Waals surface area contributed by atoms with Gasteiger partial charge in [-0.15, -0.1) is 0 Å². The Morgan fingerprint density at radius 3 is 0.750 bits per heavy atom. The zero-order valence-electron chi connectivity index (χ0n) is 86.2. The van der Waals surface area contributed by atoms with E-state index in [4.69, 9.17) is 0 Å². The number of hydrogen-bond donors (Lipinski definition) is 10. The molecule has 128 heavy (non-hydrogen) atoms. The second-order valence-electron chi connectivity index (χ2n) is 46.9. The van der Waals surface area contributed by atoms with Gasteiger partial charge in [0.2, 0.25) is 0 Å². The molecular formula is C113H186O15. The maximum atomic E-state index is 11.3. The van der Waals surface area contributed by atoms with E-state index in [0.29, 0.717) is 58.5 Å². The highest BCUT2D eigenvalue weighted by atomic mass is 16.4. The standard InChI is InChI=1S/C24H40O2.C23H38O2.2C22H36O4.C22H36O3/c1-18-14-15-20(12-8-10-16-23(3,4)5)21(19(18)2)13-9-11-17-24(6,7)22(25)26;1-18-13-14-19(11-7-9-15-22(2,3)4)20(17-18)12-8-10-16-23(5,6)21(24)25;1-21(2,3)14-8-6-10-16-12-13-18(23)19(24)17(16)11-7-9-15-22(4,5)20(25)26;1-21(2,3)12-8-6-10-16-14-18(23)19(24)15-17(16)11-7-9-13-22(4,5)20(25)26;1-21(2,3)14-8-6-10-17-12-13-19(23)16-18(17)11-7-9-15-22(4,5)20(24)25/h14-15H,8-13,16-17H2,1-7H3,(H,25,26);13-14,17H,7-12,15-16H2,1-6H3,(H,24,25);12-13,23-24H,6-11,14-15H2,1-5H3,(H,25,26);14-15,23-24H,6-13H2,1-5H3,(H,25,26);12-13,16,23H,6-11,14-15H2,1-5H3,(H,24,25). The number of rotatable bonds is 50. The summed E-state index contributed by atoms with van der Waals surface area (Å²) in [4.78, 5) is 56.0. The minimum Gasteiger partial charge on any atom is -0.508 e. The Labute approximate surface area is 779 Å². The van der Waals surface area contributed by atoms with E-state index in [0.717, 1.165) is 196 Å². The highest BCUT2D eigenvalue weighted by Gasteiger charge is 2.31. The fourth-order valence-corrected chi connectivity index (χ4v) is 15.9. The number of aryl methyl sites for hydroxylation is 10. The van der Waals surface area contributed by atoms with Crippen LogP contribution in [0.3, 0.4) is 0 Å². The van der Waals surface area contributed by atoms with Gasteiger partial charge in [0, 0.05) is 5.56 Å². The number of unbranched alkanes of at least 4 members (excludes halogenated alkanes) is 10. The van der Waals surface area contributed by atoms with E-state index in [1.807, 2.05) is 45.9 Å². The fraction of sp³-hybridized carbons (Fsp3) is 0.690. The van der Waals surface area contributed by atoms with Crippen LogP contribution < -0.4 is 0 Å². The van der Waals surface area contributed by atoms with Gasteiger partial charge in [-0.1, -0.05) is 216 Å². The Morgan fingerprint density at radius 2 is 0.453 bits per heavy atom. The highest BCUT2D eigenvalue weighted by molar-refractivity contribution is 5.75. The monoisotopic (exact) mass is 1780 g/mol. The second-order valence-corrected chi connectivity index (χ2v) is 46.9. The maximum absolute atomic E-state index is 11.3. The van der Waals surface area contributed by atoms with E-state index in [1.54, 1.807) is 65.8 Å². The van der Waals surface area contributed by atoms with Crippen molar-refractivity contribution in [2.75, 3.05) is 0 Å². The third-order valence-corrected chi connectivity index (χ3v) is 25.6. The number of aliphatic carboxylic acids is 5. The molecule has 0 aliphatic heterocycles. The molecule has 0 saturated carbocycles. The molecule has 0 unspecified atom stereocenters. The molecule has 0 spiro atoms. The first-order chi connectivity index (χ1) is 58.8. The minimum atomic E-state index is -0.780. The molecule has 0 aliphatic carbocycles. The van der Waals surface area contributed by atoms with Crippen LogP contribution in [0.15, 0.2) is 72.8 Å². The molecule has 0 fully saturated rings. The molecular weight excluding hydrogens is 1600 g/mol. The fourth-order valence-electron chi connectivity index (χ4n) is 15.9. The SMILES string of the molecule is CC(C)(C)CCCCc1cc(O)c(O)cc1CCCCC(C)(C)C(=O)O.CC(C)(C)CCCCc1ccc(O)c(O)c1CCCCC(C)(C)C(=O)O.CC(C)(C)CCCCc1ccc(O)cc1CCCCC(C)(C)C(=O)O.Cc1ccc(CCCCC(C)(C)C)c(CCCCC(C)(C)C(=O)O)c1.Cc1ccc(CCCCC(C)(C)C)c(CCCCC(C)(C)C(=O)O)c1C. The first-order valence-corrected chi connectivity index (χ1v) is 49.0. The number of hydrogen-bond acceptors (Lipinski definition) is 10. The number of aromatic hydroxyl groups is 5. The molecule has 15 heteroatoms. The van der Waals surface area contributed by atoms with Gasteiger partial charge in [0.15, 0.2) is 23.0 Å². The van der Waals surface area contributed by atoms with Gasteiger partial charge < -0.3 is 51.1 Å². The molecule has 0 saturated heterocycles. The zero-order chi connectivity index (χ0) is 98.0. The zero-order valence-corrected chi connectivity index (χ0v) is 86.2. The van der Waals surface area contributed by atoms with Gasteiger partial charge in [0.05, 0.1) is 27.1 Å². The van der Waals surface area contributed by atoms with E-state index >= 15 is 0 Å². The molecule has 0 radical (unpaired) electrons. The molecule has 0 bridgehead atoms. The van der Waals surface area contributed by atoms with Crippen molar-refractivity contribution < 1.29 is 75.0 Å². The average molecular weight is 1780 g/mol. The third-order valence-electron chi connectivity index (χ3n) is 25.6. The third kappa shape index (κ3) is 51.3. The van der Waals surface area contributed by atoms with Crippen LogP contribution in [0.5, 0.6) is 28.7 Å². The van der Waals surface area contributed by atoms with Gasteiger partial charge in [0.1, 0.15) is 5.75 Å². The number of carbonyl (C=O) groups is 5. The predicted octanol–water partition coefficient (Wildman–Crippen LogP) is 30.8. The summed E-state index contributed by atoms with van der Waals surface area (Å²) in [5, 5.41) is 95.6. The maximum Gasteiger partial charge on any atom is 0.309 e. The lowest BCUT2D eigenvalue weighted by molar-refractivity contribution is -0.148. The van der Waals surface area contributed by atoms with Crippen LogP contribution in [0.2, 0.25) is 0 Å². The van der Waals surface area contributed by atoms with Gasteiger partial charge in [-0.25, -0.2) is 0 Å². The molecule has 10 N–H and O–H groups in total. The lowest BCUT2D eigenvalue weighted by Gasteiger charge is -2.20. The summed E-state index contributed by atoms with van der Waals surface area (Å²) >= 11 is 0. The summed E-state index contributed by atoms with van der Waals surface area (Å²) in [6.07, 6.45) is 40.1. The van der Waals surface area contributed by atoms with Crippen molar-refractivity contribution in [1.29, 1.82) is 0 Å². The minimum absolute atomic E-state index is 0.0178. The molecule has 5 aromatic rings. The average Bonchev–Trinajstić information content (AvgIpc) is 0.825. The first-order valence-electron chi connectivity index (χ1n) is 49.0. The second kappa shape index (κ2) is 55.7. The van der Waals surface area contributed by atoms with E-state index in [2.05, 4.69) is 155 Å². The molecule has 0 heterocycles. The topological polar surface area (TPSA) is 288 Å². The number of phenols is 5. The van der Waals surface area contributed by atoms with Crippen molar-refractivity contribution in [3.63, 3.8) is 0 Å². The predicted molar refractivity (Wildman–Crippen MR) is 535 cm³/mol. The molecule has 0 aliphatic rings. The number of carboxylic acids is 5. The quantitative estimate of drug-likeness (QED) is 0.0128. The molecule has 0 aromatic heterocycles. The van der Waals surface area contributed by atoms with Crippen LogP contribution in [0.25, 0.3) is 0 Å². The van der Waals surface area contributed by atoms with Crippen molar-refractivity contribution in [1.82, 2.24) is 0 Å². The van der Waals surface area contributed by atoms with Crippen LogP contribution in [-0.4, -0.2) is 80.9 Å².